The van der Waals surface area contributed by atoms with Crippen LogP contribution in [0, 0.1) is 0 Å². The van der Waals surface area contributed by atoms with E-state index in [4.69, 9.17) is 15.2 Å². The van der Waals surface area contributed by atoms with Crippen LogP contribution in [0.15, 0.2) is 18.2 Å². The minimum atomic E-state index is -4.43. The fraction of sp³-hybridized carbons (Fsp3) is 0.611. The van der Waals surface area contributed by atoms with Crippen LogP contribution in [-0.4, -0.2) is 55.1 Å². The summed E-state index contributed by atoms with van der Waals surface area (Å²) in [5.74, 6) is -0.00736. The SMILES string of the molecule is C[C@@H]1CN(c2ccc(N)c(OCC(F)(F)F)c2)CCN1C(=O)OC(C)(C)C. The second-order valence-corrected chi connectivity index (χ2v) is 7.59. The third kappa shape index (κ3) is 6.11. The Hall–Kier alpha value is -2.32. The van der Waals surface area contributed by atoms with Crippen molar-refractivity contribution in [2.45, 2.75) is 45.5 Å². The summed E-state index contributed by atoms with van der Waals surface area (Å²) < 4.78 is 47.4. The molecule has 1 aromatic rings. The Kier molecular flexibility index (Phi) is 6.01. The largest absolute Gasteiger partial charge is 0.482 e. The Balaban J connectivity index is 2.05. The van der Waals surface area contributed by atoms with Crippen molar-refractivity contribution in [2.24, 2.45) is 0 Å². The number of hydrogen-bond acceptors (Lipinski definition) is 5. The molecule has 2 N–H and O–H groups in total. The molecule has 1 saturated heterocycles. The Bertz CT molecular complexity index is 674. The van der Waals surface area contributed by atoms with Crippen molar-refractivity contribution < 1.29 is 27.4 Å². The predicted octanol–water partition coefficient (Wildman–Crippen LogP) is 3.66. The molecule has 1 amide bonds. The molecule has 1 aromatic carbocycles. The number of ether oxygens (including phenoxy) is 2. The van der Waals surface area contributed by atoms with E-state index in [0.717, 1.165) is 0 Å². The number of nitrogens with zero attached hydrogens (tertiary/aromatic N) is 2. The molecule has 1 atom stereocenters. The molecule has 9 heteroatoms. The molecule has 0 saturated carbocycles. The van der Waals surface area contributed by atoms with Crippen LogP contribution in [0.5, 0.6) is 5.75 Å². The summed E-state index contributed by atoms with van der Waals surface area (Å²) in [6, 6.07) is 4.62. The van der Waals surface area contributed by atoms with Gasteiger partial charge in [-0.05, 0) is 39.8 Å². The van der Waals surface area contributed by atoms with E-state index in [1.54, 1.807) is 11.0 Å². The lowest BCUT2D eigenvalue weighted by molar-refractivity contribution is -0.153. The van der Waals surface area contributed by atoms with E-state index in [9.17, 15) is 18.0 Å². The van der Waals surface area contributed by atoms with Crippen LogP contribution in [0.1, 0.15) is 27.7 Å². The molecule has 0 bridgehead atoms. The maximum absolute atomic E-state index is 12.4. The molecule has 0 radical (unpaired) electrons. The van der Waals surface area contributed by atoms with Gasteiger partial charge in [0.25, 0.3) is 0 Å². The van der Waals surface area contributed by atoms with Crippen molar-refractivity contribution in [1.29, 1.82) is 0 Å². The number of amides is 1. The lowest BCUT2D eigenvalue weighted by Gasteiger charge is -2.41. The van der Waals surface area contributed by atoms with Crippen molar-refractivity contribution in [2.75, 3.05) is 36.9 Å². The normalized spacial score (nSPS) is 18.4. The fourth-order valence-corrected chi connectivity index (χ4v) is 2.79. The lowest BCUT2D eigenvalue weighted by Crippen LogP contribution is -2.55. The Morgan fingerprint density at radius 3 is 2.48 bits per heavy atom. The highest BCUT2D eigenvalue weighted by atomic mass is 19.4. The molecule has 152 valence electrons. The third-order valence-corrected chi connectivity index (χ3v) is 4.01. The monoisotopic (exact) mass is 389 g/mol. The molecular formula is C18H26F3N3O3. The number of anilines is 2. The molecule has 0 unspecified atom stereocenters. The molecule has 1 fully saturated rings. The van der Waals surface area contributed by atoms with Gasteiger partial charge in [0.2, 0.25) is 0 Å². The summed E-state index contributed by atoms with van der Waals surface area (Å²) in [7, 11) is 0. The van der Waals surface area contributed by atoms with Gasteiger partial charge < -0.3 is 25.0 Å². The summed E-state index contributed by atoms with van der Waals surface area (Å²) in [6.45, 7) is 7.40. The van der Waals surface area contributed by atoms with Gasteiger partial charge in [-0.1, -0.05) is 0 Å². The zero-order valence-electron chi connectivity index (χ0n) is 16.0. The van der Waals surface area contributed by atoms with Gasteiger partial charge in [0, 0.05) is 37.4 Å². The maximum atomic E-state index is 12.4. The number of carbonyl (C=O) groups is 1. The quantitative estimate of drug-likeness (QED) is 0.799. The Morgan fingerprint density at radius 2 is 1.93 bits per heavy atom. The molecule has 2 rings (SSSR count). The maximum Gasteiger partial charge on any atom is 0.422 e. The molecule has 1 aliphatic rings. The van der Waals surface area contributed by atoms with Crippen molar-refractivity contribution in [3.8, 4) is 5.75 Å². The number of hydrogen-bond donors (Lipinski definition) is 1. The molecule has 0 spiro atoms. The summed E-state index contributed by atoms with van der Waals surface area (Å²) in [4.78, 5) is 15.9. The van der Waals surface area contributed by atoms with E-state index in [0.29, 0.717) is 25.3 Å². The van der Waals surface area contributed by atoms with Crippen molar-refractivity contribution >= 4 is 17.5 Å². The van der Waals surface area contributed by atoms with Gasteiger partial charge in [-0.3, -0.25) is 0 Å². The van der Waals surface area contributed by atoms with E-state index in [-0.39, 0.29) is 23.6 Å². The molecule has 1 heterocycles. The topological polar surface area (TPSA) is 68.0 Å². The zero-order chi connectivity index (χ0) is 20.4. The minimum absolute atomic E-state index is 0.00736. The highest BCUT2D eigenvalue weighted by Gasteiger charge is 2.32. The Labute approximate surface area is 157 Å². The second kappa shape index (κ2) is 7.74. The van der Waals surface area contributed by atoms with Crippen molar-refractivity contribution in [3.63, 3.8) is 0 Å². The summed E-state index contributed by atoms with van der Waals surface area (Å²) in [6.07, 6.45) is -4.81. The van der Waals surface area contributed by atoms with E-state index in [2.05, 4.69) is 0 Å². The third-order valence-electron chi connectivity index (χ3n) is 4.01. The van der Waals surface area contributed by atoms with Crippen molar-refractivity contribution in [1.82, 2.24) is 4.90 Å². The Morgan fingerprint density at radius 1 is 1.26 bits per heavy atom. The summed E-state index contributed by atoms with van der Waals surface area (Å²) in [5, 5.41) is 0. The molecule has 27 heavy (non-hydrogen) atoms. The average Bonchev–Trinajstić information content (AvgIpc) is 2.51. The number of rotatable bonds is 3. The number of nitrogens with two attached hydrogens (primary N) is 1. The first-order valence-electron chi connectivity index (χ1n) is 8.69. The standard InChI is InChI=1S/C18H26F3N3O3/c1-12-10-23(7-8-24(12)16(25)27-17(2,3)4)13-5-6-14(22)15(9-13)26-11-18(19,20)21/h5-6,9,12H,7-8,10-11,22H2,1-4H3/t12-/m1/s1. The van der Waals surface area contributed by atoms with Gasteiger partial charge in [-0.15, -0.1) is 0 Å². The number of nitrogen functional groups attached to an aromatic ring is 1. The smallest absolute Gasteiger partial charge is 0.422 e. The van der Waals surface area contributed by atoms with Gasteiger partial charge in [-0.25, -0.2) is 4.79 Å². The first kappa shape index (κ1) is 21.0. The van der Waals surface area contributed by atoms with E-state index in [1.165, 1.54) is 12.1 Å². The van der Waals surface area contributed by atoms with Gasteiger partial charge in [0.05, 0.1) is 5.69 Å². The van der Waals surface area contributed by atoms with Crippen molar-refractivity contribution in [3.05, 3.63) is 18.2 Å². The molecular weight excluding hydrogens is 363 g/mol. The highest BCUT2D eigenvalue weighted by Crippen LogP contribution is 2.30. The first-order valence-corrected chi connectivity index (χ1v) is 8.69. The molecule has 0 aromatic heterocycles. The molecule has 0 aliphatic carbocycles. The number of piperazine rings is 1. The number of halogens is 3. The van der Waals surface area contributed by atoms with Crippen LogP contribution in [0.25, 0.3) is 0 Å². The van der Waals surface area contributed by atoms with Crippen LogP contribution in [0.4, 0.5) is 29.3 Å². The summed E-state index contributed by atoms with van der Waals surface area (Å²) in [5.41, 5.74) is 5.98. The number of benzene rings is 1. The summed E-state index contributed by atoms with van der Waals surface area (Å²) >= 11 is 0. The van der Waals surface area contributed by atoms with Gasteiger partial charge in [0.15, 0.2) is 6.61 Å². The minimum Gasteiger partial charge on any atom is -0.482 e. The van der Waals surface area contributed by atoms with Gasteiger partial charge in [0.1, 0.15) is 11.4 Å². The van der Waals surface area contributed by atoms with E-state index in [1.807, 2.05) is 32.6 Å². The fourth-order valence-electron chi connectivity index (χ4n) is 2.79. The molecule has 1 aliphatic heterocycles. The van der Waals surface area contributed by atoms with Gasteiger partial charge in [-0.2, -0.15) is 13.2 Å². The van der Waals surface area contributed by atoms with Crippen LogP contribution in [0.3, 0.4) is 0 Å². The van der Waals surface area contributed by atoms with E-state index >= 15 is 0 Å². The average molecular weight is 389 g/mol. The predicted molar refractivity (Wildman–Crippen MR) is 97.0 cm³/mol. The number of alkyl halides is 3. The van der Waals surface area contributed by atoms with Crippen LogP contribution < -0.4 is 15.4 Å². The zero-order valence-corrected chi connectivity index (χ0v) is 16.0. The first-order chi connectivity index (χ1) is 12.4. The molecule has 6 nitrogen and oxygen atoms in total. The van der Waals surface area contributed by atoms with Crippen LogP contribution >= 0.6 is 0 Å². The van der Waals surface area contributed by atoms with Crippen LogP contribution in [0.2, 0.25) is 0 Å². The van der Waals surface area contributed by atoms with E-state index < -0.39 is 18.4 Å². The van der Waals surface area contributed by atoms with Gasteiger partial charge >= 0.3 is 12.3 Å². The highest BCUT2D eigenvalue weighted by molar-refractivity contribution is 5.69. The number of carbonyl (C=O) groups excluding carboxylic acids is 1. The lowest BCUT2D eigenvalue weighted by atomic mass is 10.1. The second-order valence-electron chi connectivity index (χ2n) is 7.59. The van der Waals surface area contributed by atoms with Crippen LogP contribution in [-0.2, 0) is 4.74 Å².